The number of rotatable bonds is 8. The van der Waals surface area contributed by atoms with Crippen LogP contribution in [0.4, 0.5) is 8.78 Å². The van der Waals surface area contributed by atoms with E-state index in [9.17, 15) is 17.2 Å². The first-order valence-electron chi connectivity index (χ1n) is 6.36. The van der Waals surface area contributed by atoms with Crippen molar-refractivity contribution in [3.8, 4) is 0 Å². The standard InChI is InChI=1S/C13H20F2N2O2S/c1-3-16-8-11-5-4-6-12(7-11)10-20(18,19)17(2)9-13(14)15/h4-7,13,16H,3,8-10H2,1-2H3. The predicted octanol–water partition coefficient (Wildman–Crippen LogP) is 1.82. The maximum Gasteiger partial charge on any atom is 0.252 e. The zero-order valence-corrected chi connectivity index (χ0v) is 12.5. The Morgan fingerprint density at radius 3 is 2.55 bits per heavy atom. The molecule has 0 aliphatic heterocycles. The fourth-order valence-electron chi connectivity index (χ4n) is 1.73. The van der Waals surface area contributed by atoms with Crippen LogP contribution in [0.3, 0.4) is 0 Å². The Balaban J connectivity index is 2.76. The molecule has 4 nitrogen and oxygen atoms in total. The molecular formula is C13H20F2N2O2S. The van der Waals surface area contributed by atoms with E-state index in [4.69, 9.17) is 0 Å². The van der Waals surface area contributed by atoms with Crippen molar-refractivity contribution in [1.82, 2.24) is 9.62 Å². The summed E-state index contributed by atoms with van der Waals surface area (Å²) >= 11 is 0. The van der Waals surface area contributed by atoms with Crippen LogP contribution >= 0.6 is 0 Å². The summed E-state index contributed by atoms with van der Waals surface area (Å²) in [7, 11) is -2.54. The number of hydrogen-bond donors (Lipinski definition) is 1. The average Bonchev–Trinajstić information content (AvgIpc) is 2.35. The summed E-state index contributed by atoms with van der Waals surface area (Å²) in [6, 6.07) is 7.12. The lowest BCUT2D eigenvalue weighted by molar-refractivity contribution is 0.126. The molecule has 0 aromatic heterocycles. The van der Waals surface area contributed by atoms with Crippen LogP contribution in [0.5, 0.6) is 0 Å². The van der Waals surface area contributed by atoms with Gasteiger partial charge in [0, 0.05) is 13.6 Å². The van der Waals surface area contributed by atoms with E-state index >= 15 is 0 Å². The smallest absolute Gasteiger partial charge is 0.252 e. The second kappa shape index (κ2) is 7.66. The highest BCUT2D eigenvalue weighted by Gasteiger charge is 2.21. The molecular weight excluding hydrogens is 286 g/mol. The van der Waals surface area contributed by atoms with Gasteiger partial charge in [0.25, 0.3) is 6.43 Å². The predicted molar refractivity (Wildman–Crippen MR) is 75.1 cm³/mol. The molecule has 0 bridgehead atoms. The van der Waals surface area contributed by atoms with Gasteiger partial charge < -0.3 is 5.32 Å². The highest BCUT2D eigenvalue weighted by molar-refractivity contribution is 7.88. The molecule has 20 heavy (non-hydrogen) atoms. The van der Waals surface area contributed by atoms with E-state index in [0.29, 0.717) is 16.4 Å². The van der Waals surface area contributed by atoms with Gasteiger partial charge in [-0.1, -0.05) is 31.2 Å². The van der Waals surface area contributed by atoms with E-state index in [1.54, 1.807) is 18.2 Å². The number of alkyl halides is 2. The van der Waals surface area contributed by atoms with Crippen molar-refractivity contribution < 1.29 is 17.2 Å². The molecule has 1 aromatic rings. The third-order valence-electron chi connectivity index (χ3n) is 2.79. The Morgan fingerprint density at radius 1 is 1.30 bits per heavy atom. The van der Waals surface area contributed by atoms with Crippen LogP contribution in [0.25, 0.3) is 0 Å². The highest BCUT2D eigenvalue weighted by Crippen LogP contribution is 2.13. The Morgan fingerprint density at radius 2 is 1.95 bits per heavy atom. The van der Waals surface area contributed by atoms with Gasteiger partial charge in [-0.05, 0) is 17.7 Å². The third-order valence-corrected chi connectivity index (χ3v) is 4.59. The van der Waals surface area contributed by atoms with Crippen LogP contribution in [-0.2, 0) is 22.3 Å². The van der Waals surface area contributed by atoms with E-state index in [1.165, 1.54) is 7.05 Å². The number of nitrogens with zero attached hydrogens (tertiary/aromatic N) is 1. The first-order chi connectivity index (χ1) is 9.35. The molecule has 0 atom stereocenters. The summed E-state index contributed by atoms with van der Waals surface area (Å²) < 4.78 is 49.1. The minimum absolute atomic E-state index is 0.268. The van der Waals surface area contributed by atoms with Gasteiger partial charge in [-0.25, -0.2) is 17.2 Å². The van der Waals surface area contributed by atoms with Crippen molar-refractivity contribution in [1.29, 1.82) is 0 Å². The van der Waals surface area contributed by atoms with Gasteiger partial charge in [-0.15, -0.1) is 0 Å². The first kappa shape index (κ1) is 17.0. The quantitative estimate of drug-likeness (QED) is 0.797. The molecule has 0 radical (unpaired) electrons. The molecule has 1 N–H and O–H groups in total. The molecule has 0 fully saturated rings. The van der Waals surface area contributed by atoms with Crippen molar-refractivity contribution in [2.24, 2.45) is 0 Å². The van der Waals surface area contributed by atoms with Gasteiger partial charge in [-0.2, -0.15) is 4.31 Å². The van der Waals surface area contributed by atoms with Crippen LogP contribution in [0.15, 0.2) is 24.3 Å². The van der Waals surface area contributed by atoms with Crippen molar-refractivity contribution >= 4 is 10.0 Å². The molecule has 0 heterocycles. The monoisotopic (exact) mass is 306 g/mol. The number of hydrogen-bond acceptors (Lipinski definition) is 3. The van der Waals surface area contributed by atoms with E-state index in [0.717, 1.165) is 12.1 Å². The first-order valence-corrected chi connectivity index (χ1v) is 7.96. The van der Waals surface area contributed by atoms with Crippen LogP contribution in [0.2, 0.25) is 0 Å². The highest BCUT2D eigenvalue weighted by atomic mass is 32.2. The zero-order valence-electron chi connectivity index (χ0n) is 11.6. The molecule has 0 amide bonds. The summed E-state index contributed by atoms with van der Waals surface area (Å²) in [5.74, 6) is -0.268. The van der Waals surface area contributed by atoms with Gasteiger partial charge in [0.05, 0.1) is 12.3 Å². The van der Waals surface area contributed by atoms with Crippen molar-refractivity contribution in [2.45, 2.75) is 25.6 Å². The Bertz CT molecular complexity index is 521. The van der Waals surface area contributed by atoms with Crippen molar-refractivity contribution in [2.75, 3.05) is 20.1 Å². The number of halogens is 2. The molecule has 0 saturated carbocycles. The normalized spacial score (nSPS) is 12.3. The van der Waals surface area contributed by atoms with Gasteiger partial charge in [0.15, 0.2) is 0 Å². The number of benzene rings is 1. The summed E-state index contributed by atoms with van der Waals surface area (Å²) in [6.07, 6.45) is -2.67. The van der Waals surface area contributed by atoms with E-state index < -0.39 is 23.0 Å². The van der Waals surface area contributed by atoms with Gasteiger partial charge in [0.1, 0.15) is 0 Å². The minimum atomic E-state index is -3.71. The average molecular weight is 306 g/mol. The number of sulfonamides is 1. The molecule has 1 rings (SSSR count). The molecule has 1 aromatic carbocycles. The summed E-state index contributed by atoms with van der Waals surface area (Å²) in [5, 5.41) is 3.14. The molecule has 0 spiro atoms. The molecule has 7 heteroatoms. The maximum atomic E-state index is 12.2. The molecule has 0 saturated heterocycles. The molecule has 0 unspecified atom stereocenters. The Kier molecular flexibility index (Phi) is 6.51. The lowest BCUT2D eigenvalue weighted by Gasteiger charge is -2.16. The summed E-state index contributed by atoms with van der Waals surface area (Å²) in [5.41, 5.74) is 1.57. The van der Waals surface area contributed by atoms with Crippen LogP contribution < -0.4 is 5.32 Å². The maximum absolute atomic E-state index is 12.2. The fourth-order valence-corrected chi connectivity index (χ4v) is 2.89. The second-order valence-corrected chi connectivity index (χ2v) is 6.60. The summed E-state index contributed by atoms with van der Waals surface area (Å²) in [4.78, 5) is 0. The lowest BCUT2D eigenvalue weighted by atomic mass is 10.1. The van der Waals surface area contributed by atoms with E-state index in [1.807, 2.05) is 13.0 Å². The second-order valence-electron chi connectivity index (χ2n) is 4.53. The Labute approximate surface area is 118 Å². The van der Waals surface area contributed by atoms with Crippen LogP contribution in [-0.4, -0.2) is 39.3 Å². The molecule has 0 aliphatic carbocycles. The Hall–Kier alpha value is -1.05. The fraction of sp³-hybridized carbons (Fsp3) is 0.538. The van der Waals surface area contributed by atoms with Crippen LogP contribution in [0, 0.1) is 0 Å². The molecule has 0 aliphatic rings. The van der Waals surface area contributed by atoms with Gasteiger partial charge >= 0.3 is 0 Å². The van der Waals surface area contributed by atoms with Crippen LogP contribution in [0.1, 0.15) is 18.1 Å². The van der Waals surface area contributed by atoms with Gasteiger partial charge in [0.2, 0.25) is 10.0 Å². The SMILES string of the molecule is CCNCc1cccc(CS(=O)(=O)N(C)CC(F)F)c1. The summed E-state index contributed by atoms with van der Waals surface area (Å²) in [6.45, 7) is 2.67. The largest absolute Gasteiger partial charge is 0.313 e. The lowest BCUT2D eigenvalue weighted by Crippen LogP contribution is -2.32. The van der Waals surface area contributed by atoms with Crippen molar-refractivity contribution in [3.05, 3.63) is 35.4 Å². The zero-order chi connectivity index (χ0) is 15.2. The van der Waals surface area contributed by atoms with Gasteiger partial charge in [-0.3, -0.25) is 0 Å². The van der Waals surface area contributed by atoms with E-state index in [2.05, 4.69) is 5.32 Å². The molecule has 114 valence electrons. The number of nitrogens with one attached hydrogen (secondary N) is 1. The van der Waals surface area contributed by atoms with E-state index in [-0.39, 0.29) is 5.75 Å². The minimum Gasteiger partial charge on any atom is -0.313 e. The topological polar surface area (TPSA) is 49.4 Å². The third kappa shape index (κ3) is 5.52. The van der Waals surface area contributed by atoms with Crippen molar-refractivity contribution in [3.63, 3.8) is 0 Å².